The van der Waals surface area contributed by atoms with E-state index >= 15 is 0 Å². The zero-order valence-corrected chi connectivity index (χ0v) is 23.9. The molecule has 0 aromatic rings. The number of hydrogen-bond acceptors (Lipinski definition) is 0. The van der Waals surface area contributed by atoms with Gasteiger partial charge >= 0.3 is 0 Å². The van der Waals surface area contributed by atoms with Crippen LogP contribution >= 0.6 is 23.8 Å². The zero-order chi connectivity index (χ0) is 21.6. The van der Waals surface area contributed by atoms with Gasteiger partial charge in [-0.2, -0.15) is 0 Å². The normalized spacial score (nSPS) is 12.0. The summed E-state index contributed by atoms with van der Waals surface area (Å²) in [6, 6.07) is 0. The van der Waals surface area contributed by atoms with E-state index in [9.17, 15) is 0 Å². The molecule has 0 rings (SSSR count). The minimum atomic E-state index is 0.341. The standard InChI is InChI=1S/C26H57P3/c1-6-11-18-27(19-12-7-2)23-16-25-29(22-15-10-5)26-17-24-28(20-13-8-3)21-14-9-4/h6-26H2,1-5H3. The third-order valence-corrected chi connectivity index (χ3v) is 14.6. The van der Waals surface area contributed by atoms with E-state index in [0.717, 1.165) is 0 Å². The molecule has 0 spiro atoms. The molecule has 0 N–H and O–H groups in total. The van der Waals surface area contributed by atoms with Gasteiger partial charge in [0.25, 0.3) is 0 Å². The van der Waals surface area contributed by atoms with Crippen LogP contribution in [0, 0.1) is 0 Å². The molecule has 0 aromatic heterocycles. The fraction of sp³-hybridized carbons (Fsp3) is 1.00. The molecule has 29 heavy (non-hydrogen) atoms. The molecule has 3 heteroatoms. The van der Waals surface area contributed by atoms with Gasteiger partial charge in [0.15, 0.2) is 0 Å². The van der Waals surface area contributed by atoms with Crippen LogP contribution in [0.1, 0.15) is 112 Å². The van der Waals surface area contributed by atoms with E-state index in [1.54, 1.807) is 68.3 Å². The van der Waals surface area contributed by atoms with Gasteiger partial charge in [-0.25, -0.2) is 0 Å². The van der Waals surface area contributed by atoms with Crippen LogP contribution in [0.15, 0.2) is 0 Å². The van der Waals surface area contributed by atoms with E-state index in [-0.39, 0.29) is 0 Å². The molecule has 0 aliphatic rings. The highest BCUT2D eigenvalue weighted by Gasteiger charge is 2.13. The van der Waals surface area contributed by atoms with Gasteiger partial charge in [-0.1, -0.05) is 66.7 Å². The second-order valence-corrected chi connectivity index (χ2v) is 17.0. The average molecular weight is 463 g/mol. The Morgan fingerprint density at radius 3 is 0.621 bits per heavy atom. The van der Waals surface area contributed by atoms with E-state index < -0.39 is 0 Å². The molecule has 0 saturated heterocycles. The molecular weight excluding hydrogens is 405 g/mol. The van der Waals surface area contributed by atoms with E-state index in [4.69, 9.17) is 0 Å². The Morgan fingerprint density at radius 2 is 0.448 bits per heavy atom. The van der Waals surface area contributed by atoms with Crippen molar-refractivity contribution < 1.29 is 0 Å². The third-order valence-electron chi connectivity index (χ3n) is 6.04. The lowest BCUT2D eigenvalue weighted by molar-refractivity contribution is 0.860. The first-order chi connectivity index (χ1) is 14.2. The van der Waals surface area contributed by atoms with E-state index in [2.05, 4.69) is 34.6 Å². The van der Waals surface area contributed by atoms with Crippen LogP contribution in [0.5, 0.6) is 0 Å². The molecular formula is C26H57P3. The first kappa shape index (κ1) is 30.3. The summed E-state index contributed by atoms with van der Waals surface area (Å²) in [5, 5.41) is 0. The summed E-state index contributed by atoms with van der Waals surface area (Å²) in [7, 11) is 1.06. The molecule has 0 fully saturated rings. The van der Waals surface area contributed by atoms with Gasteiger partial charge in [0, 0.05) is 0 Å². The van der Waals surface area contributed by atoms with Crippen LogP contribution in [-0.2, 0) is 0 Å². The van der Waals surface area contributed by atoms with Crippen LogP contribution in [0.25, 0.3) is 0 Å². The maximum absolute atomic E-state index is 2.39. The molecule has 0 atom stereocenters. The van der Waals surface area contributed by atoms with Crippen LogP contribution < -0.4 is 0 Å². The van der Waals surface area contributed by atoms with Crippen molar-refractivity contribution in [1.29, 1.82) is 0 Å². The van der Waals surface area contributed by atoms with Crippen LogP contribution in [0.4, 0.5) is 0 Å². The minimum absolute atomic E-state index is 0.341. The highest BCUT2D eigenvalue weighted by Crippen LogP contribution is 2.45. The molecule has 0 unspecified atom stereocenters. The van der Waals surface area contributed by atoms with Crippen molar-refractivity contribution in [2.24, 2.45) is 0 Å². The summed E-state index contributed by atoms with van der Waals surface area (Å²) >= 11 is 0. The molecule has 0 aromatic carbocycles. The predicted octanol–water partition coefficient (Wildman–Crippen LogP) is 10.2. The van der Waals surface area contributed by atoms with Gasteiger partial charge in [0.05, 0.1) is 0 Å². The van der Waals surface area contributed by atoms with E-state index in [1.165, 1.54) is 64.2 Å². The van der Waals surface area contributed by atoms with Gasteiger partial charge in [0.2, 0.25) is 0 Å². The highest BCUT2D eigenvalue weighted by atomic mass is 31.1. The Bertz CT molecular complexity index is 266. The molecule has 0 nitrogen and oxygen atoms in total. The van der Waals surface area contributed by atoms with Crippen molar-refractivity contribution in [2.75, 3.05) is 55.5 Å². The van der Waals surface area contributed by atoms with Gasteiger partial charge in [0.1, 0.15) is 0 Å². The fourth-order valence-electron chi connectivity index (χ4n) is 3.95. The molecule has 0 saturated carbocycles. The van der Waals surface area contributed by atoms with E-state index in [1.807, 2.05) is 0 Å². The SMILES string of the molecule is CCCCP(CCCC)CCCP(CCCC)CCCP(CCCC)CCCC. The molecule has 0 bridgehead atoms. The lowest BCUT2D eigenvalue weighted by Crippen LogP contribution is -2.03. The molecule has 0 heterocycles. The Balaban J connectivity index is 4.32. The molecule has 0 amide bonds. The molecule has 176 valence electrons. The third kappa shape index (κ3) is 19.7. The number of unbranched alkanes of at least 4 members (excludes halogenated alkanes) is 5. The van der Waals surface area contributed by atoms with Gasteiger partial charge < -0.3 is 0 Å². The Morgan fingerprint density at radius 1 is 0.276 bits per heavy atom. The number of hydrogen-bond donors (Lipinski definition) is 0. The van der Waals surface area contributed by atoms with Crippen molar-refractivity contribution in [1.82, 2.24) is 0 Å². The second kappa shape index (κ2) is 23.9. The smallest absolute Gasteiger partial charge is 0.0323 e. The summed E-state index contributed by atoms with van der Waals surface area (Å²) in [4.78, 5) is 0. The van der Waals surface area contributed by atoms with Crippen molar-refractivity contribution in [3.63, 3.8) is 0 Å². The fourth-order valence-corrected chi connectivity index (χ4v) is 12.7. The first-order valence-electron chi connectivity index (χ1n) is 13.4. The van der Waals surface area contributed by atoms with Crippen LogP contribution in [0.3, 0.4) is 0 Å². The summed E-state index contributed by atoms with van der Waals surface area (Å²) < 4.78 is 0. The molecule has 0 aliphatic carbocycles. The van der Waals surface area contributed by atoms with Gasteiger partial charge in [-0.3, -0.25) is 0 Å². The predicted molar refractivity (Wildman–Crippen MR) is 148 cm³/mol. The number of rotatable bonds is 23. The largest absolute Gasteiger partial charge is 0.107 e. The maximum atomic E-state index is 2.39. The summed E-state index contributed by atoms with van der Waals surface area (Å²) in [5.74, 6) is 0. The lowest BCUT2D eigenvalue weighted by Gasteiger charge is -2.22. The van der Waals surface area contributed by atoms with Gasteiger partial charge in [-0.05, 0) is 100 Å². The summed E-state index contributed by atoms with van der Waals surface area (Å²) in [6.45, 7) is 11.9. The van der Waals surface area contributed by atoms with Crippen molar-refractivity contribution >= 4 is 23.8 Å². The van der Waals surface area contributed by atoms with Crippen molar-refractivity contribution in [2.45, 2.75) is 112 Å². The quantitative estimate of drug-likeness (QED) is 0.132. The van der Waals surface area contributed by atoms with Gasteiger partial charge in [-0.15, -0.1) is 23.8 Å². The van der Waals surface area contributed by atoms with Crippen LogP contribution in [0.2, 0.25) is 0 Å². The Kier molecular flexibility index (Phi) is 25.0. The molecule has 0 radical (unpaired) electrons. The molecule has 0 aliphatic heterocycles. The lowest BCUT2D eigenvalue weighted by atomic mass is 10.4. The Hall–Kier alpha value is 1.29. The zero-order valence-electron chi connectivity index (χ0n) is 21.2. The average Bonchev–Trinajstić information content (AvgIpc) is 2.74. The van der Waals surface area contributed by atoms with Crippen LogP contribution in [-0.4, -0.2) is 55.5 Å². The highest BCUT2D eigenvalue weighted by molar-refractivity contribution is 7.59. The Labute approximate surface area is 190 Å². The first-order valence-corrected chi connectivity index (χ1v) is 19.1. The van der Waals surface area contributed by atoms with E-state index in [0.29, 0.717) is 23.8 Å². The summed E-state index contributed by atoms with van der Waals surface area (Å²) in [5.41, 5.74) is 0. The topological polar surface area (TPSA) is 0 Å². The summed E-state index contributed by atoms with van der Waals surface area (Å²) in [6.07, 6.45) is 31.8. The monoisotopic (exact) mass is 462 g/mol. The maximum Gasteiger partial charge on any atom is -0.0323 e. The minimum Gasteiger partial charge on any atom is -0.107 e. The van der Waals surface area contributed by atoms with Crippen molar-refractivity contribution in [3.05, 3.63) is 0 Å². The second-order valence-electron chi connectivity index (χ2n) is 9.00. The van der Waals surface area contributed by atoms with Crippen molar-refractivity contribution in [3.8, 4) is 0 Å².